The molecule has 0 N–H and O–H groups in total. The second kappa shape index (κ2) is 10.0. The molecule has 0 fully saturated rings. The molecule has 146 valence electrons. The highest BCUT2D eigenvalue weighted by Gasteiger charge is 2.19. The summed E-state index contributed by atoms with van der Waals surface area (Å²) in [5, 5.41) is 0. The zero-order chi connectivity index (χ0) is 19.1. The van der Waals surface area contributed by atoms with E-state index in [2.05, 4.69) is 13.0 Å². The van der Waals surface area contributed by atoms with Gasteiger partial charge in [-0.1, -0.05) is 50.8 Å². The molecule has 0 radical (unpaired) electrons. The molecule has 0 bridgehead atoms. The number of halogens is 2. The van der Waals surface area contributed by atoms with Gasteiger partial charge >= 0.3 is 0 Å². The van der Waals surface area contributed by atoms with E-state index < -0.39 is 0 Å². The fraction of sp³-hybridized carbons (Fsp3) is 0.520. The van der Waals surface area contributed by atoms with Crippen molar-refractivity contribution in [3.63, 3.8) is 0 Å². The van der Waals surface area contributed by atoms with Gasteiger partial charge in [0.1, 0.15) is 11.6 Å². The smallest absolute Gasteiger partial charge is 0.126 e. The van der Waals surface area contributed by atoms with Crippen LogP contribution in [0.15, 0.2) is 36.4 Å². The van der Waals surface area contributed by atoms with Gasteiger partial charge < -0.3 is 0 Å². The van der Waals surface area contributed by atoms with Crippen molar-refractivity contribution in [3.8, 4) is 0 Å². The first kappa shape index (κ1) is 20.0. The van der Waals surface area contributed by atoms with Crippen molar-refractivity contribution in [2.45, 2.75) is 77.6 Å². The van der Waals surface area contributed by atoms with Crippen LogP contribution >= 0.6 is 0 Å². The molecule has 1 atom stereocenters. The summed E-state index contributed by atoms with van der Waals surface area (Å²) in [5.41, 5.74) is 4.37. The van der Waals surface area contributed by atoms with Crippen LogP contribution in [0.4, 0.5) is 8.78 Å². The predicted molar refractivity (Wildman–Crippen MR) is 109 cm³/mol. The second-order valence-electron chi connectivity index (χ2n) is 8.15. The van der Waals surface area contributed by atoms with Crippen LogP contribution in [-0.2, 0) is 25.7 Å². The summed E-state index contributed by atoms with van der Waals surface area (Å²) in [7, 11) is 0. The van der Waals surface area contributed by atoms with E-state index in [-0.39, 0.29) is 11.6 Å². The van der Waals surface area contributed by atoms with Crippen LogP contribution in [-0.4, -0.2) is 0 Å². The zero-order valence-electron chi connectivity index (χ0n) is 16.6. The molecule has 0 spiro atoms. The van der Waals surface area contributed by atoms with E-state index in [1.165, 1.54) is 31.2 Å². The molecule has 0 aliphatic heterocycles. The molecular weight excluding hydrogens is 338 g/mol. The molecule has 0 nitrogen and oxygen atoms in total. The van der Waals surface area contributed by atoms with Crippen molar-refractivity contribution in [1.29, 1.82) is 0 Å². The van der Waals surface area contributed by atoms with Crippen LogP contribution in [0, 0.1) is 17.6 Å². The van der Waals surface area contributed by atoms with Crippen molar-refractivity contribution >= 4 is 0 Å². The van der Waals surface area contributed by atoms with E-state index >= 15 is 0 Å². The lowest BCUT2D eigenvalue weighted by molar-refractivity contribution is 0.422. The minimum atomic E-state index is -0.147. The van der Waals surface area contributed by atoms with E-state index in [4.69, 9.17) is 0 Å². The van der Waals surface area contributed by atoms with Crippen molar-refractivity contribution in [1.82, 2.24) is 0 Å². The largest absolute Gasteiger partial charge is 0.207 e. The molecule has 2 aromatic rings. The van der Waals surface area contributed by atoms with Crippen LogP contribution in [0.3, 0.4) is 0 Å². The Morgan fingerprint density at radius 2 is 1.74 bits per heavy atom. The number of fused-ring (bicyclic) bond motifs is 1. The molecule has 0 saturated heterocycles. The van der Waals surface area contributed by atoms with Gasteiger partial charge in [-0.15, -0.1) is 0 Å². The first-order valence-electron chi connectivity index (χ1n) is 10.7. The van der Waals surface area contributed by atoms with Gasteiger partial charge in [0.2, 0.25) is 0 Å². The van der Waals surface area contributed by atoms with E-state index in [0.29, 0.717) is 5.92 Å². The van der Waals surface area contributed by atoms with Gasteiger partial charge in [-0.05, 0) is 91.3 Å². The van der Waals surface area contributed by atoms with Gasteiger partial charge in [-0.3, -0.25) is 0 Å². The summed E-state index contributed by atoms with van der Waals surface area (Å²) < 4.78 is 27.9. The Kier molecular flexibility index (Phi) is 7.43. The maximum atomic E-state index is 14.5. The Bertz CT molecular complexity index is 735. The lowest BCUT2D eigenvalue weighted by atomic mass is 9.81. The van der Waals surface area contributed by atoms with Crippen molar-refractivity contribution in [2.24, 2.45) is 5.92 Å². The van der Waals surface area contributed by atoms with E-state index in [0.717, 1.165) is 61.6 Å². The highest BCUT2D eigenvalue weighted by molar-refractivity contribution is 5.31. The summed E-state index contributed by atoms with van der Waals surface area (Å²) in [6.45, 7) is 2.22. The summed E-state index contributed by atoms with van der Waals surface area (Å²) >= 11 is 0. The summed E-state index contributed by atoms with van der Waals surface area (Å²) in [6, 6.07) is 11.0. The van der Waals surface area contributed by atoms with Crippen LogP contribution in [0.25, 0.3) is 0 Å². The number of aryl methyl sites for hydroxylation is 3. The van der Waals surface area contributed by atoms with Crippen molar-refractivity contribution in [2.75, 3.05) is 0 Å². The summed E-state index contributed by atoms with van der Waals surface area (Å²) in [6.07, 6.45) is 12.0. The normalized spacial score (nSPS) is 16.3. The third kappa shape index (κ3) is 5.89. The van der Waals surface area contributed by atoms with Crippen LogP contribution in [0.1, 0.15) is 74.1 Å². The Morgan fingerprint density at radius 3 is 2.56 bits per heavy atom. The van der Waals surface area contributed by atoms with Gasteiger partial charge in [-0.2, -0.15) is 0 Å². The SMILES string of the molecule is CCCCCCCc1ccc(CCC2CCc3ccc(F)cc3C2)c(F)c1. The maximum Gasteiger partial charge on any atom is 0.126 e. The molecule has 0 heterocycles. The third-order valence-corrected chi connectivity index (χ3v) is 6.01. The highest BCUT2D eigenvalue weighted by atomic mass is 19.1. The number of benzene rings is 2. The van der Waals surface area contributed by atoms with Crippen LogP contribution in [0.5, 0.6) is 0 Å². The summed E-state index contributed by atoms with van der Waals surface area (Å²) in [4.78, 5) is 0. The molecule has 0 amide bonds. The van der Waals surface area contributed by atoms with Crippen molar-refractivity contribution in [3.05, 3.63) is 70.3 Å². The molecule has 3 rings (SSSR count). The minimum Gasteiger partial charge on any atom is -0.207 e. The Hall–Kier alpha value is -1.70. The molecule has 2 heteroatoms. The summed E-state index contributed by atoms with van der Waals surface area (Å²) in [5.74, 6) is 0.325. The van der Waals surface area contributed by atoms with Crippen LogP contribution in [0.2, 0.25) is 0 Å². The van der Waals surface area contributed by atoms with Gasteiger partial charge in [0.05, 0.1) is 0 Å². The quantitative estimate of drug-likeness (QED) is 0.409. The standard InChI is InChI=1S/C25H32F2/c1-2-3-4-5-6-7-19-9-12-22(25(27)17-19)13-10-20-8-11-21-14-15-24(26)18-23(21)16-20/h9,12,14-15,17-18,20H,2-8,10-11,13,16H2,1H3. The van der Waals surface area contributed by atoms with E-state index in [1.54, 1.807) is 18.2 Å². The van der Waals surface area contributed by atoms with Gasteiger partial charge in [0, 0.05) is 0 Å². The number of unbranched alkanes of at least 4 members (excludes halogenated alkanes) is 4. The number of hydrogen-bond donors (Lipinski definition) is 0. The molecule has 1 aliphatic carbocycles. The highest BCUT2D eigenvalue weighted by Crippen LogP contribution is 2.29. The zero-order valence-corrected chi connectivity index (χ0v) is 16.6. The minimum absolute atomic E-state index is 0.0525. The average molecular weight is 371 g/mol. The molecule has 0 aromatic heterocycles. The molecular formula is C25H32F2. The lowest BCUT2D eigenvalue weighted by Gasteiger charge is -2.24. The first-order valence-corrected chi connectivity index (χ1v) is 10.7. The Balaban J connectivity index is 1.48. The molecule has 27 heavy (non-hydrogen) atoms. The average Bonchev–Trinajstić information content (AvgIpc) is 2.67. The van der Waals surface area contributed by atoms with E-state index in [9.17, 15) is 8.78 Å². The molecule has 1 unspecified atom stereocenters. The fourth-order valence-electron chi connectivity index (χ4n) is 4.29. The predicted octanol–water partition coefficient (Wildman–Crippen LogP) is 7.22. The number of hydrogen-bond acceptors (Lipinski definition) is 0. The van der Waals surface area contributed by atoms with Crippen molar-refractivity contribution < 1.29 is 8.78 Å². The van der Waals surface area contributed by atoms with Crippen LogP contribution < -0.4 is 0 Å². The third-order valence-electron chi connectivity index (χ3n) is 6.01. The second-order valence-corrected chi connectivity index (χ2v) is 8.15. The molecule has 0 saturated carbocycles. The Labute approximate surface area is 163 Å². The van der Waals surface area contributed by atoms with E-state index in [1.807, 2.05) is 12.1 Å². The topological polar surface area (TPSA) is 0 Å². The monoisotopic (exact) mass is 370 g/mol. The lowest BCUT2D eigenvalue weighted by Crippen LogP contribution is -2.15. The first-order chi connectivity index (χ1) is 13.2. The van der Waals surface area contributed by atoms with Gasteiger partial charge in [0.25, 0.3) is 0 Å². The fourth-order valence-corrected chi connectivity index (χ4v) is 4.29. The molecule has 2 aromatic carbocycles. The van der Waals surface area contributed by atoms with Gasteiger partial charge in [0.15, 0.2) is 0 Å². The number of rotatable bonds is 9. The molecule has 1 aliphatic rings. The van der Waals surface area contributed by atoms with Gasteiger partial charge in [-0.25, -0.2) is 8.78 Å². The Morgan fingerprint density at radius 1 is 0.889 bits per heavy atom. The maximum absolute atomic E-state index is 14.5.